The summed E-state index contributed by atoms with van der Waals surface area (Å²) < 4.78 is 5.69. The van der Waals surface area contributed by atoms with Crippen molar-refractivity contribution in [3.05, 3.63) is 0 Å². The second-order valence-corrected chi connectivity index (χ2v) is 5.22. The number of ether oxygens (including phenoxy) is 1. The lowest BCUT2D eigenvalue weighted by molar-refractivity contribution is 0.0114. The van der Waals surface area contributed by atoms with Crippen LogP contribution in [0.4, 0.5) is 0 Å². The van der Waals surface area contributed by atoms with Crippen LogP contribution in [0.1, 0.15) is 39.5 Å². The molecule has 96 valence electrons. The highest BCUT2D eigenvalue weighted by Gasteiger charge is 2.14. The van der Waals surface area contributed by atoms with Gasteiger partial charge in [0.15, 0.2) is 0 Å². The second-order valence-electron chi connectivity index (χ2n) is 5.22. The first kappa shape index (κ1) is 13.9. The van der Waals surface area contributed by atoms with Crippen LogP contribution in [-0.4, -0.2) is 32.3 Å². The van der Waals surface area contributed by atoms with Crippen LogP contribution >= 0.6 is 0 Å². The lowest BCUT2D eigenvalue weighted by atomic mass is 9.96. The Morgan fingerprint density at radius 2 is 2.19 bits per heavy atom. The van der Waals surface area contributed by atoms with Crippen molar-refractivity contribution in [1.82, 2.24) is 5.32 Å². The van der Waals surface area contributed by atoms with E-state index in [0.29, 0.717) is 17.9 Å². The first-order valence-corrected chi connectivity index (χ1v) is 6.76. The van der Waals surface area contributed by atoms with Crippen molar-refractivity contribution in [3.63, 3.8) is 0 Å². The minimum Gasteiger partial charge on any atom is -0.378 e. The minimum absolute atomic E-state index is 0.497. The predicted molar refractivity (Wildman–Crippen MR) is 68.5 cm³/mol. The van der Waals surface area contributed by atoms with Crippen molar-refractivity contribution in [3.8, 4) is 0 Å². The van der Waals surface area contributed by atoms with Crippen molar-refractivity contribution in [1.29, 1.82) is 0 Å². The summed E-state index contributed by atoms with van der Waals surface area (Å²) in [6.07, 6.45) is 5.47. The van der Waals surface area contributed by atoms with E-state index in [9.17, 15) is 0 Å². The molecule has 16 heavy (non-hydrogen) atoms. The van der Waals surface area contributed by atoms with Gasteiger partial charge in [-0.3, -0.25) is 0 Å². The third-order valence-corrected chi connectivity index (χ3v) is 3.57. The van der Waals surface area contributed by atoms with Crippen molar-refractivity contribution in [2.45, 2.75) is 45.6 Å². The molecule has 1 aliphatic rings. The Bertz CT molecular complexity index is 167. The van der Waals surface area contributed by atoms with Crippen molar-refractivity contribution >= 4 is 0 Å². The van der Waals surface area contributed by atoms with Crippen LogP contribution < -0.4 is 11.1 Å². The fourth-order valence-electron chi connectivity index (χ4n) is 2.18. The Balaban J connectivity index is 2.01. The van der Waals surface area contributed by atoms with E-state index in [1.165, 1.54) is 19.3 Å². The maximum Gasteiger partial charge on any atom is 0.0587 e. The monoisotopic (exact) mass is 228 g/mol. The molecule has 0 spiro atoms. The molecule has 0 amide bonds. The lowest BCUT2D eigenvalue weighted by Gasteiger charge is -2.24. The third kappa shape index (κ3) is 5.28. The Morgan fingerprint density at radius 1 is 1.38 bits per heavy atom. The van der Waals surface area contributed by atoms with Crippen LogP contribution in [-0.2, 0) is 4.74 Å². The Morgan fingerprint density at radius 3 is 2.75 bits per heavy atom. The highest BCUT2D eigenvalue weighted by atomic mass is 16.5. The lowest BCUT2D eigenvalue weighted by Crippen LogP contribution is -2.33. The first-order chi connectivity index (χ1) is 7.74. The molecule has 0 aliphatic carbocycles. The highest BCUT2D eigenvalue weighted by molar-refractivity contribution is 4.69. The highest BCUT2D eigenvalue weighted by Crippen LogP contribution is 2.15. The molecule has 1 aliphatic heterocycles. The zero-order valence-electron chi connectivity index (χ0n) is 10.9. The molecule has 3 heteroatoms. The molecule has 1 rings (SSSR count). The van der Waals surface area contributed by atoms with Crippen LogP contribution in [0.2, 0.25) is 0 Å². The molecule has 3 nitrogen and oxygen atoms in total. The molecule has 3 N–H and O–H groups in total. The van der Waals surface area contributed by atoms with E-state index in [1.54, 1.807) is 0 Å². The maximum absolute atomic E-state index is 5.73. The first-order valence-electron chi connectivity index (χ1n) is 6.76. The van der Waals surface area contributed by atoms with E-state index in [1.807, 2.05) is 0 Å². The van der Waals surface area contributed by atoms with Gasteiger partial charge < -0.3 is 15.8 Å². The van der Waals surface area contributed by atoms with Crippen LogP contribution in [0.25, 0.3) is 0 Å². The number of hydrogen-bond acceptors (Lipinski definition) is 3. The molecule has 0 bridgehead atoms. The van der Waals surface area contributed by atoms with E-state index in [-0.39, 0.29) is 0 Å². The smallest absolute Gasteiger partial charge is 0.0587 e. The predicted octanol–water partition coefficient (Wildman–Crippen LogP) is 1.77. The minimum atomic E-state index is 0.497. The molecule has 1 fully saturated rings. The summed E-state index contributed by atoms with van der Waals surface area (Å²) in [7, 11) is 0. The fraction of sp³-hybridized carbons (Fsp3) is 1.00. The second kappa shape index (κ2) is 8.04. The largest absolute Gasteiger partial charge is 0.378 e. The molecule has 1 saturated heterocycles. The Hall–Kier alpha value is -0.120. The van der Waals surface area contributed by atoms with E-state index in [4.69, 9.17) is 10.5 Å². The zero-order valence-corrected chi connectivity index (χ0v) is 10.9. The zero-order chi connectivity index (χ0) is 11.8. The van der Waals surface area contributed by atoms with Gasteiger partial charge >= 0.3 is 0 Å². The number of nitrogens with one attached hydrogen (secondary N) is 1. The molecular formula is C13H28N2O. The number of nitrogens with two attached hydrogens (primary N) is 1. The molecule has 2 unspecified atom stereocenters. The van der Waals surface area contributed by atoms with Gasteiger partial charge in [-0.1, -0.05) is 13.8 Å². The molecular weight excluding hydrogens is 200 g/mol. The number of hydrogen-bond donors (Lipinski definition) is 2. The summed E-state index contributed by atoms with van der Waals surface area (Å²) in [5.41, 5.74) is 5.73. The van der Waals surface area contributed by atoms with Gasteiger partial charge in [0.2, 0.25) is 0 Å². The van der Waals surface area contributed by atoms with Gasteiger partial charge in [-0.05, 0) is 57.2 Å². The van der Waals surface area contributed by atoms with Crippen molar-refractivity contribution in [2.75, 3.05) is 26.2 Å². The van der Waals surface area contributed by atoms with Crippen LogP contribution in [0.3, 0.4) is 0 Å². The van der Waals surface area contributed by atoms with Gasteiger partial charge in [0.05, 0.1) is 6.10 Å². The molecule has 0 aromatic heterocycles. The van der Waals surface area contributed by atoms with E-state index >= 15 is 0 Å². The molecule has 1 heterocycles. The molecule has 0 radical (unpaired) electrons. The van der Waals surface area contributed by atoms with Crippen LogP contribution in [0.15, 0.2) is 0 Å². The molecule has 0 saturated carbocycles. The standard InChI is InChI=1S/C13H28N2O/c1-11(2)12(9-14)10-15-7-6-13-5-3-4-8-16-13/h11-13,15H,3-10,14H2,1-2H3. The summed E-state index contributed by atoms with van der Waals surface area (Å²) in [4.78, 5) is 0. The van der Waals surface area contributed by atoms with Crippen molar-refractivity contribution < 1.29 is 4.74 Å². The van der Waals surface area contributed by atoms with Crippen molar-refractivity contribution in [2.24, 2.45) is 17.6 Å². The summed E-state index contributed by atoms with van der Waals surface area (Å²) >= 11 is 0. The maximum atomic E-state index is 5.73. The van der Waals surface area contributed by atoms with Gasteiger partial charge in [0.1, 0.15) is 0 Å². The van der Waals surface area contributed by atoms with Crippen LogP contribution in [0.5, 0.6) is 0 Å². The summed E-state index contributed by atoms with van der Waals surface area (Å²) in [6, 6.07) is 0. The molecule has 0 aromatic rings. The Kier molecular flexibility index (Phi) is 7.01. The number of rotatable bonds is 7. The van der Waals surface area contributed by atoms with Gasteiger partial charge in [-0.25, -0.2) is 0 Å². The van der Waals surface area contributed by atoms with Gasteiger partial charge in [0.25, 0.3) is 0 Å². The third-order valence-electron chi connectivity index (χ3n) is 3.57. The normalized spacial score (nSPS) is 23.6. The SMILES string of the molecule is CC(C)C(CN)CNCCC1CCCCO1. The van der Waals surface area contributed by atoms with Crippen LogP contribution in [0, 0.1) is 11.8 Å². The van der Waals surface area contributed by atoms with E-state index < -0.39 is 0 Å². The van der Waals surface area contributed by atoms with Gasteiger partial charge in [-0.15, -0.1) is 0 Å². The van der Waals surface area contributed by atoms with E-state index in [0.717, 1.165) is 32.7 Å². The fourth-order valence-corrected chi connectivity index (χ4v) is 2.18. The average molecular weight is 228 g/mol. The summed E-state index contributed by atoms with van der Waals surface area (Å²) in [5, 5.41) is 3.51. The van der Waals surface area contributed by atoms with E-state index in [2.05, 4.69) is 19.2 Å². The van der Waals surface area contributed by atoms with Gasteiger partial charge in [-0.2, -0.15) is 0 Å². The quantitative estimate of drug-likeness (QED) is 0.653. The van der Waals surface area contributed by atoms with Gasteiger partial charge in [0, 0.05) is 6.61 Å². The summed E-state index contributed by atoms with van der Waals surface area (Å²) in [6.45, 7) is 8.33. The summed E-state index contributed by atoms with van der Waals surface area (Å²) in [5.74, 6) is 1.27. The molecule has 2 atom stereocenters. The average Bonchev–Trinajstić information content (AvgIpc) is 2.30. The topological polar surface area (TPSA) is 47.3 Å². The molecule has 0 aromatic carbocycles. The Labute approximate surface area is 100 Å².